The fourth-order valence-electron chi connectivity index (χ4n) is 1.58. The number of hydrogen-bond donors (Lipinski definition) is 0. The standard InChI is InChI=1S/C9H14O3/c1-6-3-4-8(10)7(5-6)9(11)12-2/h6-7H,3-5H2,1-2H3/t6-,7+/m0/s1. The Morgan fingerprint density at radius 1 is 1.58 bits per heavy atom. The average molecular weight is 170 g/mol. The van der Waals surface area contributed by atoms with Crippen molar-refractivity contribution < 1.29 is 14.3 Å². The van der Waals surface area contributed by atoms with Crippen molar-refractivity contribution in [3.63, 3.8) is 0 Å². The average Bonchev–Trinajstić information content (AvgIpc) is 2.08. The zero-order valence-corrected chi connectivity index (χ0v) is 7.50. The molecule has 0 aliphatic heterocycles. The smallest absolute Gasteiger partial charge is 0.316 e. The minimum atomic E-state index is -0.487. The summed E-state index contributed by atoms with van der Waals surface area (Å²) < 4.78 is 4.55. The molecule has 2 atom stereocenters. The molecule has 0 unspecified atom stereocenters. The van der Waals surface area contributed by atoms with Gasteiger partial charge < -0.3 is 4.74 Å². The monoisotopic (exact) mass is 170 g/mol. The molecule has 1 aliphatic carbocycles. The molecule has 1 rings (SSSR count). The Kier molecular flexibility index (Phi) is 2.84. The van der Waals surface area contributed by atoms with Crippen molar-refractivity contribution in [2.24, 2.45) is 11.8 Å². The molecule has 0 saturated heterocycles. The molecule has 1 saturated carbocycles. The van der Waals surface area contributed by atoms with E-state index >= 15 is 0 Å². The number of carbonyl (C=O) groups excluding carboxylic acids is 2. The van der Waals surface area contributed by atoms with Crippen LogP contribution in [0.3, 0.4) is 0 Å². The van der Waals surface area contributed by atoms with E-state index in [0.29, 0.717) is 18.8 Å². The first kappa shape index (κ1) is 9.23. The highest BCUT2D eigenvalue weighted by Gasteiger charge is 2.32. The van der Waals surface area contributed by atoms with Crippen LogP contribution in [-0.2, 0) is 14.3 Å². The van der Waals surface area contributed by atoms with Gasteiger partial charge in [0, 0.05) is 6.42 Å². The van der Waals surface area contributed by atoms with Crippen LogP contribution in [0.2, 0.25) is 0 Å². The van der Waals surface area contributed by atoms with E-state index in [9.17, 15) is 9.59 Å². The molecular formula is C9H14O3. The van der Waals surface area contributed by atoms with Crippen LogP contribution in [0.4, 0.5) is 0 Å². The lowest BCUT2D eigenvalue weighted by Crippen LogP contribution is -2.31. The van der Waals surface area contributed by atoms with E-state index in [1.807, 2.05) is 0 Å². The van der Waals surface area contributed by atoms with Gasteiger partial charge in [0.15, 0.2) is 0 Å². The maximum absolute atomic E-state index is 11.2. The van der Waals surface area contributed by atoms with Gasteiger partial charge in [-0.05, 0) is 18.8 Å². The summed E-state index contributed by atoms with van der Waals surface area (Å²) in [6.45, 7) is 2.06. The molecule has 0 heterocycles. The van der Waals surface area contributed by atoms with Crippen LogP contribution >= 0.6 is 0 Å². The molecule has 12 heavy (non-hydrogen) atoms. The van der Waals surface area contributed by atoms with E-state index in [1.54, 1.807) is 0 Å². The highest BCUT2D eigenvalue weighted by atomic mass is 16.5. The Bertz CT molecular complexity index is 190. The van der Waals surface area contributed by atoms with Gasteiger partial charge >= 0.3 is 5.97 Å². The quantitative estimate of drug-likeness (QED) is 0.438. The van der Waals surface area contributed by atoms with Crippen molar-refractivity contribution in [1.29, 1.82) is 0 Å². The van der Waals surface area contributed by atoms with Gasteiger partial charge in [-0.15, -0.1) is 0 Å². The van der Waals surface area contributed by atoms with Gasteiger partial charge in [0.2, 0.25) is 0 Å². The van der Waals surface area contributed by atoms with E-state index in [4.69, 9.17) is 0 Å². The van der Waals surface area contributed by atoms with Crippen LogP contribution in [0.15, 0.2) is 0 Å². The second-order valence-electron chi connectivity index (χ2n) is 3.42. The summed E-state index contributed by atoms with van der Waals surface area (Å²) in [5, 5.41) is 0. The highest BCUT2D eigenvalue weighted by Crippen LogP contribution is 2.26. The first-order valence-corrected chi connectivity index (χ1v) is 4.25. The van der Waals surface area contributed by atoms with E-state index in [0.717, 1.165) is 6.42 Å². The Labute approximate surface area is 72.1 Å². The third kappa shape index (κ3) is 1.84. The molecule has 0 spiro atoms. The molecule has 0 aromatic heterocycles. The maximum Gasteiger partial charge on any atom is 0.316 e. The largest absolute Gasteiger partial charge is 0.468 e. The normalized spacial score (nSPS) is 30.0. The zero-order chi connectivity index (χ0) is 9.14. The van der Waals surface area contributed by atoms with Crippen molar-refractivity contribution in [2.45, 2.75) is 26.2 Å². The second-order valence-corrected chi connectivity index (χ2v) is 3.42. The van der Waals surface area contributed by atoms with Crippen molar-refractivity contribution >= 4 is 11.8 Å². The number of rotatable bonds is 1. The van der Waals surface area contributed by atoms with Gasteiger partial charge in [0.25, 0.3) is 0 Å². The Morgan fingerprint density at radius 2 is 2.25 bits per heavy atom. The Balaban J connectivity index is 2.60. The molecule has 68 valence electrons. The molecule has 0 bridgehead atoms. The molecule has 3 heteroatoms. The summed E-state index contributed by atoms with van der Waals surface area (Å²) in [5.41, 5.74) is 0. The number of carbonyl (C=O) groups is 2. The number of hydrogen-bond acceptors (Lipinski definition) is 3. The van der Waals surface area contributed by atoms with Gasteiger partial charge in [0.1, 0.15) is 11.7 Å². The van der Waals surface area contributed by atoms with Gasteiger partial charge in [-0.1, -0.05) is 6.92 Å². The fourth-order valence-corrected chi connectivity index (χ4v) is 1.58. The first-order valence-electron chi connectivity index (χ1n) is 4.25. The molecule has 0 amide bonds. The van der Waals surface area contributed by atoms with Crippen LogP contribution in [0.5, 0.6) is 0 Å². The van der Waals surface area contributed by atoms with Crippen LogP contribution in [0, 0.1) is 11.8 Å². The Hall–Kier alpha value is -0.860. The lowest BCUT2D eigenvalue weighted by Gasteiger charge is -2.23. The molecule has 0 aromatic carbocycles. The second kappa shape index (κ2) is 3.70. The number of methoxy groups -OCH3 is 1. The lowest BCUT2D eigenvalue weighted by atomic mass is 9.81. The summed E-state index contributed by atoms with van der Waals surface area (Å²) in [5.74, 6) is -0.350. The third-order valence-corrected chi connectivity index (χ3v) is 2.40. The van der Waals surface area contributed by atoms with E-state index in [1.165, 1.54) is 7.11 Å². The first-order chi connectivity index (χ1) is 5.65. The molecule has 0 N–H and O–H groups in total. The Morgan fingerprint density at radius 3 is 2.83 bits per heavy atom. The maximum atomic E-state index is 11.2. The summed E-state index contributed by atoms with van der Waals surface area (Å²) in [6, 6.07) is 0. The number of Topliss-reactive ketones (excluding diaryl/α,β-unsaturated/α-hetero) is 1. The molecular weight excluding hydrogens is 156 g/mol. The summed E-state index contributed by atoms with van der Waals surface area (Å²) in [7, 11) is 1.33. The third-order valence-electron chi connectivity index (χ3n) is 2.40. The molecule has 0 aromatic rings. The topological polar surface area (TPSA) is 43.4 Å². The van der Waals surface area contributed by atoms with E-state index in [-0.39, 0.29) is 11.8 Å². The van der Waals surface area contributed by atoms with Crippen molar-refractivity contribution in [3.05, 3.63) is 0 Å². The van der Waals surface area contributed by atoms with Gasteiger partial charge in [-0.2, -0.15) is 0 Å². The van der Waals surface area contributed by atoms with Crippen LogP contribution < -0.4 is 0 Å². The summed E-state index contributed by atoms with van der Waals surface area (Å²) in [6.07, 6.45) is 2.10. The minimum absolute atomic E-state index is 0.0416. The van der Waals surface area contributed by atoms with E-state index < -0.39 is 5.92 Å². The van der Waals surface area contributed by atoms with Gasteiger partial charge in [-0.25, -0.2) is 0 Å². The SMILES string of the molecule is COC(=O)[C@@H]1C[C@@H](C)CCC1=O. The molecule has 1 aliphatic rings. The molecule has 0 radical (unpaired) electrons. The van der Waals surface area contributed by atoms with Crippen LogP contribution in [-0.4, -0.2) is 18.9 Å². The minimum Gasteiger partial charge on any atom is -0.468 e. The summed E-state index contributed by atoms with van der Waals surface area (Å²) >= 11 is 0. The van der Waals surface area contributed by atoms with Gasteiger partial charge in [-0.3, -0.25) is 9.59 Å². The van der Waals surface area contributed by atoms with Crippen LogP contribution in [0.1, 0.15) is 26.2 Å². The molecule has 1 fully saturated rings. The van der Waals surface area contributed by atoms with Crippen molar-refractivity contribution in [3.8, 4) is 0 Å². The van der Waals surface area contributed by atoms with E-state index in [2.05, 4.69) is 11.7 Å². The van der Waals surface area contributed by atoms with Crippen molar-refractivity contribution in [1.82, 2.24) is 0 Å². The number of esters is 1. The molecule has 3 nitrogen and oxygen atoms in total. The van der Waals surface area contributed by atoms with Crippen LogP contribution in [0.25, 0.3) is 0 Å². The lowest BCUT2D eigenvalue weighted by molar-refractivity contribution is -0.151. The highest BCUT2D eigenvalue weighted by molar-refractivity contribution is 5.99. The predicted octanol–water partition coefficient (Wildman–Crippen LogP) is 1.16. The fraction of sp³-hybridized carbons (Fsp3) is 0.778. The zero-order valence-electron chi connectivity index (χ0n) is 7.50. The number of ketones is 1. The summed E-state index contributed by atoms with van der Waals surface area (Å²) in [4.78, 5) is 22.3. The number of ether oxygens (including phenoxy) is 1. The van der Waals surface area contributed by atoms with Crippen molar-refractivity contribution in [2.75, 3.05) is 7.11 Å². The predicted molar refractivity (Wildman–Crippen MR) is 43.5 cm³/mol. The van der Waals surface area contributed by atoms with Gasteiger partial charge in [0.05, 0.1) is 7.11 Å².